The minimum atomic E-state index is -0.749. The molecular weight excluding hydrogens is 430 g/mol. The average molecular weight is 447 g/mol. The van der Waals surface area contributed by atoms with Crippen LogP contribution in [0.25, 0.3) is 23.0 Å². The van der Waals surface area contributed by atoms with E-state index in [1.165, 1.54) is 11.3 Å². The van der Waals surface area contributed by atoms with E-state index in [1.807, 2.05) is 24.4 Å². The third-order valence-electron chi connectivity index (χ3n) is 3.89. The fourth-order valence-corrected chi connectivity index (χ4v) is 3.86. The minimum Gasteiger partial charge on any atom is -0.468 e. The van der Waals surface area contributed by atoms with Crippen LogP contribution in [0.5, 0.6) is 0 Å². The molecule has 0 bridgehead atoms. The Bertz CT molecular complexity index is 1170. The molecule has 30 heavy (non-hydrogen) atoms. The smallest absolute Gasteiger partial charge is 0.437 e. The highest BCUT2D eigenvalue weighted by atomic mass is 32.2. The predicted molar refractivity (Wildman–Crippen MR) is 110 cm³/mol. The van der Waals surface area contributed by atoms with Crippen molar-refractivity contribution in [3.05, 3.63) is 51.2 Å². The molecule has 0 aliphatic rings. The zero-order valence-electron chi connectivity index (χ0n) is 15.9. The first-order chi connectivity index (χ1) is 14.6. The third kappa shape index (κ3) is 4.89. The summed E-state index contributed by atoms with van der Waals surface area (Å²) in [7, 11) is 0. The Balaban J connectivity index is 1.30. The fraction of sp³-hybridized carbons (Fsp3) is 0.278. The number of thioether (sulfide) groups is 1. The van der Waals surface area contributed by atoms with Gasteiger partial charge >= 0.3 is 5.76 Å². The van der Waals surface area contributed by atoms with Gasteiger partial charge in [-0.2, -0.15) is 16.4 Å². The number of nitrogens with zero attached hydrogens (tertiary/aromatic N) is 4. The molecule has 0 saturated carbocycles. The van der Waals surface area contributed by atoms with Crippen LogP contribution in [0.2, 0.25) is 0 Å². The molecule has 156 valence electrons. The molecule has 0 atom stereocenters. The van der Waals surface area contributed by atoms with E-state index in [-0.39, 0.29) is 24.0 Å². The second-order valence-electron chi connectivity index (χ2n) is 6.14. The van der Waals surface area contributed by atoms with Crippen molar-refractivity contribution < 1.29 is 18.2 Å². The zero-order chi connectivity index (χ0) is 20.9. The number of hydrogen-bond donors (Lipinski definition) is 1. The molecule has 0 spiro atoms. The lowest BCUT2D eigenvalue weighted by molar-refractivity contribution is -0.121. The first-order valence-corrected chi connectivity index (χ1v) is 11.0. The van der Waals surface area contributed by atoms with Gasteiger partial charge in [0, 0.05) is 23.7 Å². The van der Waals surface area contributed by atoms with Crippen molar-refractivity contribution in [3.8, 4) is 23.0 Å². The summed E-state index contributed by atoms with van der Waals surface area (Å²) in [5.41, 5.74) is 0.892. The Morgan fingerprint density at radius 1 is 1.37 bits per heavy atom. The quantitative estimate of drug-likeness (QED) is 0.385. The molecular formula is C18H17N5O5S2. The SMILES string of the molecule is Cc1nc(-c2cc(-c3nn(CC(=O)NCCSCc4ccco4)c(=O)o3)no2)cs1. The number of nitrogens with one attached hydrogen (secondary N) is 1. The van der Waals surface area contributed by atoms with Gasteiger partial charge in [-0.25, -0.2) is 9.78 Å². The van der Waals surface area contributed by atoms with Crippen molar-refractivity contribution in [1.29, 1.82) is 0 Å². The van der Waals surface area contributed by atoms with E-state index >= 15 is 0 Å². The Labute approximate surface area is 178 Å². The van der Waals surface area contributed by atoms with Crippen LogP contribution in [-0.2, 0) is 17.1 Å². The van der Waals surface area contributed by atoms with Crippen molar-refractivity contribution in [3.63, 3.8) is 0 Å². The maximum absolute atomic E-state index is 12.1. The highest BCUT2D eigenvalue weighted by Crippen LogP contribution is 2.25. The lowest BCUT2D eigenvalue weighted by Gasteiger charge is -2.03. The molecule has 4 heterocycles. The van der Waals surface area contributed by atoms with E-state index in [1.54, 1.807) is 24.1 Å². The van der Waals surface area contributed by atoms with Crippen LogP contribution >= 0.6 is 23.1 Å². The van der Waals surface area contributed by atoms with Crippen molar-refractivity contribution in [2.45, 2.75) is 19.2 Å². The second-order valence-corrected chi connectivity index (χ2v) is 8.31. The second kappa shape index (κ2) is 9.13. The Kier molecular flexibility index (Phi) is 6.14. The van der Waals surface area contributed by atoms with Gasteiger partial charge in [0.15, 0.2) is 11.5 Å². The van der Waals surface area contributed by atoms with Gasteiger partial charge in [-0.05, 0) is 19.1 Å². The molecule has 0 aliphatic heterocycles. The largest absolute Gasteiger partial charge is 0.468 e. The highest BCUT2D eigenvalue weighted by Gasteiger charge is 2.18. The van der Waals surface area contributed by atoms with E-state index in [0.717, 1.165) is 21.2 Å². The standard InChI is InChI=1S/C18H17N5O5S2/c1-11-20-14(10-30-11)15-7-13(22-28-15)17-21-23(18(25)27-17)8-16(24)19-4-6-29-9-12-3-2-5-26-12/h2-3,5,7,10H,4,6,8-9H2,1H3,(H,19,24). The number of furan rings is 1. The Hall–Kier alpha value is -3.12. The van der Waals surface area contributed by atoms with Gasteiger partial charge in [0.2, 0.25) is 5.91 Å². The van der Waals surface area contributed by atoms with Crippen molar-refractivity contribution in [2.75, 3.05) is 12.3 Å². The third-order valence-corrected chi connectivity index (χ3v) is 5.65. The molecule has 0 saturated heterocycles. The van der Waals surface area contributed by atoms with E-state index in [9.17, 15) is 9.59 Å². The van der Waals surface area contributed by atoms with Crippen LogP contribution in [0.1, 0.15) is 10.8 Å². The zero-order valence-corrected chi connectivity index (χ0v) is 17.5. The van der Waals surface area contributed by atoms with Gasteiger partial charge in [0.25, 0.3) is 5.89 Å². The summed E-state index contributed by atoms with van der Waals surface area (Å²) in [6.45, 7) is 2.10. The topological polar surface area (TPSA) is 129 Å². The van der Waals surface area contributed by atoms with Gasteiger partial charge in [0.05, 0.1) is 17.0 Å². The monoisotopic (exact) mass is 447 g/mol. The molecule has 0 unspecified atom stereocenters. The maximum atomic E-state index is 12.1. The molecule has 4 aromatic heterocycles. The van der Waals surface area contributed by atoms with Crippen LogP contribution in [0.4, 0.5) is 0 Å². The number of thiazole rings is 1. The van der Waals surface area contributed by atoms with Crippen LogP contribution in [0, 0.1) is 6.92 Å². The molecule has 12 heteroatoms. The number of hydrogen-bond acceptors (Lipinski definition) is 10. The summed E-state index contributed by atoms with van der Waals surface area (Å²) in [5, 5.41) is 13.4. The molecule has 4 rings (SSSR count). The maximum Gasteiger partial charge on any atom is 0.437 e. The van der Waals surface area contributed by atoms with Crippen molar-refractivity contribution in [2.24, 2.45) is 0 Å². The molecule has 10 nitrogen and oxygen atoms in total. The van der Waals surface area contributed by atoms with Crippen LogP contribution < -0.4 is 11.1 Å². The number of carbonyl (C=O) groups is 1. The van der Waals surface area contributed by atoms with E-state index in [2.05, 4.69) is 20.6 Å². The van der Waals surface area contributed by atoms with Crippen molar-refractivity contribution in [1.82, 2.24) is 25.2 Å². The Morgan fingerprint density at radius 2 is 2.27 bits per heavy atom. The number of carbonyl (C=O) groups excluding carboxylic acids is 1. The van der Waals surface area contributed by atoms with E-state index in [4.69, 9.17) is 13.4 Å². The van der Waals surface area contributed by atoms with Crippen molar-refractivity contribution >= 4 is 29.0 Å². The lowest BCUT2D eigenvalue weighted by atomic mass is 10.3. The molecule has 4 aromatic rings. The first kappa shape index (κ1) is 20.2. The summed E-state index contributed by atoms with van der Waals surface area (Å²) in [6.07, 6.45) is 1.63. The molecule has 1 amide bonds. The number of amides is 1. The lowest BCUT2D eigenvalue weighted by Crippen LogP contribution is -2.32. The number of aromatic nitrogens is 4. The normalized spacial score (nSPS) is 11.1. The van der Waals surface area contributed by atoms with E-state index in [0.29, 0.717) is 23.8 Å². The van der Waals surface area contributed by atoms with Gasteiger partial charge in [-0.1, -0.05) is 5.16 Å². The van der Waals surface area contributed by atoms with Crippen LogP contribution in [0.15, 0.2) is 48.0 Å². The summed E-state index contributed by atoms with van der Waals surface area (Å²) in [4.78, 5) is 28.4. The highest BCUT2D eigenvalue weighted by molar-refractivity contribution is 7.98. The average Bonchev–Trinajstić information content (AvgIpc) is 3.49. The molecule has 0 aliphatic carbocycles. The predicted octanol–water partition coefficient (Wildman–Crippen LogP) is 2.57. The first-order valence-electron chi connectivity index (χ1n) is 8.93. The summed E-state index contributed by atoms with van der Waals surface area (Å²) in [6, 6.07) is 5.32. The molecule has 1 N–H and O–H groups in total. The Morgan fingerprint density at radius 3 is 3.03 bits per heavy atom. The van der Waals surface area contributed by atoms with Crippen LogP contribution in [0.3, 0.4) is 0 Å². The summed E-state index contributed by atoms with van der Waals surface area (Å²) in [5.74, 6) is 1.66. The molecule has 0 fully saturated rings. The summed E-state index contributed by atoms with van der Waals surface area (Å²) >= 11 is 3.12. The van der Waals surface area contributed by atoms with Gasteiger partial charge < -0.3 is 18.7 Å². The summed E-state index contributed by atoms with van der Waals surface area (Å²) < 4.78 is 16.5. The number of rotatable bonds is 9. The molecule has 0 radical (unpaired) electrons. The fourth-order valence-electron chi connectivity index (χ4n) is 2.51. The van der Waals surface area contributed by atoms with Crippen LogP contribution in [-0.4, -0.2) is 38.1 Å². The van der Waals surface area contributed by atoms with Gasteiger partial charge in [-0.15, -0.1) is 16.4 Å². The molecule has 0 aromatic carbocycles. The van der Waals surface area contributed by atoms with E-state index < -0.39 is 5.76 Å². The van der Waals surface area contributed by atoms with Gasteiger partial charge in [-0.3, -0.25) is 4.79 Å². The number of aryl methyl sites for hydroxylation is 1. The van der Waals surface area contributed by atoms with Gasteiger partial charge in [0.1, 0.15) is 18.0 Å². The minimum absolute atomic E-state index is 0.0243.